The Labute approximate surface area is 180 Å². The Hall–Kier alpha value is -2.54. The van der Waals surface area contributed by atoms with Gasteiger partial charge in [0.25, 0.3) is 5.56 Å². The van der Waals surface area contributed by atoms with Crippen LogP contribution in [0.3, 0.4) is 0 Å². The number of hydrogen-bond donors (Lipinski definition) is 1. The number of aromatic nitrogens is 3. The summed E-state index contributed by atoms with van der Waals surface area (Å²) in [5.41, 5.74) is 3.92. The first-order valence-corrected chi connectivity index (χ1v) is 11.2. The topological polar surface area (TPSA) is 76.9 Å². The van der Waals surface area contributed by atoms with Gasteiger partial charge in [0.05, 0.1) is 5.39 Å². The molecule has 4 rings (SSSR count). The van der Waals surface area contributed by atoms with Crippen molar-refractivity contribution in [1.82, 2.24) is 15.0 Å². The van der Waals surface area contributed by atoms with Crippen molar-refractivity contribution < 1.29 is 4.79 Å². The zero-order chi connectivity index (χ0) is 21.6. The molecule has 0 fully saturated rings. The highest BCUT2D eigenvalue weighted by Crippen LogP contribution is 2.41. The lowest BCUT2D eigenvalue weighted by molar-refractivity contribution is -0.117. The zero-order valence-electron chi connectivity index (χ0n) is 18.2. The molecule has 1 aliphatic carbocycles. The van der Waals surface area contributed by atoms with Crippen molar-refractivity contribution >= 4 is 33.1 Å². The number of nitrogens with zero attached hydrogens (tertiary/aromatic N) is 3. The van der Waals surface area contributed by atoms with Crippen LogP contribution < -0.4 is 10.9 Å². The molecular formula is C23H28N4O2S. The standard InChI is InChI=1S/C23H28N4O2S/c1-13-6-7-14(2)17(10-13)24-19(28)12-27-22(29)20-16-9-8-15(23(3,4)5)11-18(16)30-21(20)25-26-27/h6-7,10,15H,8-9,11-12H2,1-5H3,(H,24,28)/t15-/m1/s1. The number of carbonyl (C=O) groups excluding carboxylic acids is 1. The Morgan fingerprint density at radius 1 is 1.30 bits per heavy atom. The van der Waals surface area contributed by atoms with Crippen LogP contribution in [0.5, 0.6) is 0 Å². The SMILES string of the molecule is Cc1ccc(C)c(NC(=O)Cn2nnc3sc4c(c3c2=O)CC[C@@H](C(C)(C)C)C4)c1. The zero-order valence-corrected chi connectivity index (χ0v) is 19.0. The average molecular weight is 425 g/mol. The molecule has 2 aromatic heterocycles. The van der Waals surface area contributed by atoms with Gasteiger partial charge in [-0.2, -0.15) is 0 Å². The molecule has 0 spiro atoms. The fraction of sp³-hybridized carbons (Fsp3) is 0.478. The highest BCUT2D eigenvalue weighted by molar-refractivity contribution is 7.18. The maximum Gasteiger partial charge on any atom is 0.279 e. The number of hydrogen-bond acceptors (Lipinski definition) is 5. The van der Waals surface area contributed by atoms with E-state index in [2.05, 4.69) is 36.4 Å². The normalized spacial score (nSPS) is 16.5. The summed E-state index contributed by atoms with van der Waals surface area (Å²) in [7, 11) is 0. The summed E-state index contributed by atoms with van der Waals surface area (Å²) >= 11 is 1.58. The van der Waals surface area contributed by atoms with E-state index in [0.29, 0.717) is 16.1 Å². The fourth-order valence-corrected chi connectivity index (χ4v) is 5.40. The summed E-state index contributed by atoms with van der Waals surface area (Å²) in [5.74, 6) is 0.313. The number of carbonyl (C=O) groups is 1. The minimum atomic E-state index is -0.281. The van der Waals surface area contributed by atoms with Crippen LogP contribution in [-0.2, 0) is 24.2 Å². The molecule has 1 aliphatic rings. The number of aryl methyl sites for hydroxylation is 3. The van der Waals surface area contributed by atoms with E-state index in [0.717, 1.165) is 41.6 Å². The summed E-state index contributed by atoms with van der Waals surface area (Å²) in [5, 5.41) is 11.9. The van der Waals surface area contributed by atoms with E-state index in [9.17, 15) is 9.59 Å². The predicted octanol–water partition coefficient (Wildman–Crippen LogP) is 4.26. The number of rotatable bonds is 3. The van der Waals surface area contributed by atoms with Crippen LogP contribution in [0.25, 0.3) is 10.2 Å². The molecule has 0 unspecified atom stereocenters. The molecular weight excluding hydrogens is 396 g/mol. The van der Waals surface area contributed by atoms with E-state index < -0.39 is 0 Å². The third-order valence-corrected chi connectivity index (χ3v) is 7.26. The van der Waals surface area contributed by atoms with E-state index >= 15 is 0 Å². The maximum absolute atomic E-state index is 13.1. The lowest BCUT2D eigenvalue weighted by atomic mass is 9.72. The number of anilines is 1. The molecule has 0 saturated heterocycles. The van der Waals surface area contributed by atoms with Crippen LogP contribution in [0.15, 0.2) is 23.0 Å². The van der Waals surface area contributed by atoms with Crippen molar-refractivity contribution in [2.45, 2.75) is 60.4 Å². The average Bonchev–Trinajstić information content (AvgIpc) is 3.04. The van der Waals surface area contributed by atoms with Crippen molar-refractivity contribution in [3.63, 3.8) is 0 Å². The van der Waals surface area contributed by atoms with Gasteiger partial charge in [-0.1, -0.05) is 38.1 Å². The second kappa shape index (κ2) is 7.61. The highest BCUT2D eigenvalue weighted by Gasteiger charge is 2.32. The number of nitrogens with one attached hydrogen (secondary N) is 1. The summed E-state index contributed by atoms with van der Waals surface area (Å²) in [6.07, 6.45) is 2.93. The summed E-state index contributed by atoms with van der Waals surface area (Å²) in [4.78, 5) is 27.7. The Kier molecular flexibility index (Phi) is 5.26. The molecule has 0 bridgehead atoms. The van der Waals surface area contributed by atoms with Crippen LogP contribution in [0.2, 0.25) is 0 Å². The molecule has 30 heavy (non-hydrogen) atoms. The van der Waals surface area contributed by atoms with E-state index in [1.54, 1.807) is 11.3 Å². The quantitative estimate of drug-likeness (QED) is 0.682. The molecule has 0 radical (unpaired) electrons. The third kappa shape index (κ3) is 3.90. The first-order chi connectivity index (χ1) is 14.1. The van der Waals surface area contributed by atoms with E-state index in [1.165, 1.54) is 9.56 Å². The summed E-state index contributed by atoms with van der Waals surface area (Å²) in [6, 6.07) is 5.88. The Bertz CT molecular complexity index is 1190. The molecule has 3 aromatic rings. The number of fused-ring (bicyclic) bond motifs is 3. The van der Waals surface area contributed by atoms with Crippen LogP contribution in [0, 0.1) is 25.2 Å². The van der Waals surface area contributed by atoms with Crippen LogP contribution >= 0.6 is 11.3 Å². The lowest BCUT2D eigenvalue weighted by Gasteiger charge is -2.33. The Balaban J connectivity index is 1.61. The van der Waals surface area contributed by atoms with Gasteiger partial charge in [0, 0.05) is 10.6 Å². The van der Waals surface area contributed by atoms with Crippen LogP contribution in [0.1, 0.15) is 48.8 Å². The Morgan fingerprint density at radius 3 is 2.80 bits per heavy atom. The first kappa shape index (κ1) is 20.7. The van der Waals surface area contributed by atoms with Gasteiger partial charge in [-0.25, -0.2) is 4.68 Å². The second-order valence-corrected chi connectivity index (χ2v) is 10.5. The molecule has 6 nitrogen and oxygen atoms in total. The van der Waals surface area contributed by atoms with Crippen molar-refractivity contribution in [2.24, 2.45) is 11.3 Å². The van der Waals surface area contributed by atoms with Crippen LogP contribution in [-0.4, -0.2) is 20.9 Å². The molecule has 1 atom stereocenters. The Morgan fingerprint density at radius 2 is 2.07 bits per heavy atom. The smallest absolute Gasteiger partial charge is 0.279 e. The van der Waals surface area contributed by atoms with Gasteiger partial charge < -0.3 is 5.32 Å². The molecule has 158 valence electrons. The van der Waals surface area contributed by atoms with Gasteiger partial charge in [-0.05, 0) is 67.2 Å². The maximum atomic E-state index is 13.1. The molecule has 1 amide bonds. The summed E-state index contributed by atoms with van der Waals surface area (Å²) in [6.45, 7) is 10.6. The van der Waals surface area contributed by atoms with Crippen molar-refractivity contribution in [2.75, 3.05) is 5.32 Å². The minimum Gasteiger partial charge on any atom is -0.324 e. The monoisotopic (exact) mass is 424 g/mol. The highest BCUT2D eigenvalue weighted by atomic mass is 32.1. The van der Waals surface area contributed by atoms with E-state index in [4.69, 9.17) is 0 Å². The number of thiophene rings is 1. The number of benzene rings is 1. The van der Waals surface area contributed by atoms with Gasteiger partial charge in [-0.15, -0.1) is 16.4 Å². The van der Waals surface area contributed by atoms with Gasteiger partial charge in [0.1, 0.15) is 6.54 Å². The fourth-order valence-electron chi connectivity index (χ4n) is 4.17. The first-order valence-electron chi connectivity index (χ1n) is 10.4. The third-order valence-electron chi connectivity index (χ3n) is 6.12. The molecule has 2 heterocycles. The second-order valence-electron chi connectivity index (χ2n) is 9.41. The molecule has 0 saturated carbocycles. The summed E-state index contributed by atoms with van der Waals surface area (Å²) < 4.78 is 1.19. The number of amides is 1. The van der Waals surface area contributed by atoms with Gasteiger partial charge in [0.15, 0.2) is 4.83 Å². The van der Waals surface area contributed by atoms with Gasteiger partial charge >= 0.3 is 0 Å². The van der Waals surface area contributed by atoms with Crippen molar-refractivity contribution in [3.05, 3.63) is 50.1 Å². The van der Waals surface area contributed by atoms with E-state index in [1.807, 2.05) is 32.0 Å². The predicted molar refractivity (Wildman–Crippen MR) is 121 cm³/mol. The van der Waals surface area contributed by atoms with Crippen molar-refractivity contribution in [1.29, 1.82) is 0 Å². The molecule has 0 aliphatic heterocycles. The molecule has 1 aromatic carbocycles. The van der Waals surface area contributed by atoms with Crippen LogP contribution in [0.4, 0.5) is 5.69 Å². The van der Waals surface area contributed by atoms with Gasteiger partial charge in [0.2, 0.25) is 5.91 Å². The minimum absolute atomic E-state index is 0.148. The molecule has 7 heteroatoms. The van der Waals surface area contributed by atoms with E-state index in [-0.39, 0.29) is 23.4 Å². The lowest BCUT2D eigenvalue weighted by Crippen LogP contribution is -2.31. The largest absolute Gasteiger partial charge is 0.324 e. The van der Waals surface area contributed by atoms with Crippen molar-refractivity contribution in [3.8, 4) is 0 Å². The molecule has 1 N–H and O–H groups in total. The van der Waals surface area contributed by atoms with Gasteiger partial charge in [-0.3, -0.25) is 9.59 Å².